The van der Waals surface area contributed by atoms with Crippen LogP contribution in [-0.2, 0) is 27.9 Å². The summed E-state index contributed by atoms with van der Waals surface area (Å²) in [5.74, 6) is 0.0193. The summed E-state index contributed by atoms with van der Waals surface area (Å²) in [7, 11) is -2.03. The number of rotatable bonds is 5. The van der Waals surface area contributed by atoms with Gasteiger partial charge in [-0.3, -0.25) is 4.79 Å². The molecule has 6 heteroatoms. The monoisotopic (exact) mass is 386 g/mol. The molecule has 1 atom stereocenters. The van der Waals surface area contributed by atoms with Crippen LogP contribution in [0.15, 0.2) is 53.4 Å². The lowest BCUT2D eigenvalue weighted by Crippen LogP contribution is -2.30. The topological polar surface area (TPSA) is 57.7 Å². The lowest BCUT2D eigenvalue weighted by molar-refractivity contribution is -0.135. The normalized spacial score (nSPS) is 15.3. The van der Waals surface area contributed by atoms with Gasteiger partial charge in [0.15, 0.2) is 0 Å². The summed E-state index contributed by atoms with van der Waals surface area (Å²) in [4.78, 5) is 14.3. The Balaban J connectivity index is 1.85. The summed E-state index contributed by atoms with van der Waals surface area (Å²) < 4.78 is 27.6. The number of sulfonamides is 1. The number of fused-ring (bicyclic) bond motifs is 1. The molecular formula is C21H26N2O3S. The molecule has 27 heavy (non-hydrogen) atoms. The number of nitrogens with zero attached hydrogens (tertiary/aromatic N) is 2. The molecule has 0 radical (unpaired) electrons. The van der Waals surface area contributed by atoms with Gasteiger partial charge in [0, 0.05) is 32.1 Å². The number of carbonyl (C=O) groups excluding carboxylic acids is 1. The standard InChI is InChI=1S/C21H26N2O3S/c1-15(2)21(24)23-13-18-10-11-20(12-19(18)14-23)27(25,26)22(4)16(3)17-8-6-5-7-9-17/h5-12,15-16H,13-14H2,1-4H3/t16-/m0/s1. The highest BCUT2D eigenvalue weighted by Crippen LogP contribution is 2.30. The zero-order chi connectivity index (χ0) is 19.8. The fraction of sp³-hybridized carbons (Fsp3) is 0.381. The highest BCUT2D eigenvalue weighted by molar-refractivity contribution is 7.89. The maximum Gasteiger partial charge on any atom is 0.243 e. The molecule has 0 aliphatic carbocycles. The van der Waals surface area contributed by atoms with Crippen LogP contribution in [0.1, 0.15) is 43.5 Å². The molecule has 0 saturated heterocycles. The van der Waals surface area contributed by atoms with E-state index in [0.717, 1.165) is 16.7 Å². The number of benzene rings is 2. The van der Waals surface area contributed by atoms with E-state index in [2.05, 4.69) is 0 Å². The molecule has 0 bridgehead atoms. The van der Waals surface area contributed by atoms with Crippen molar-refractivity contribution in [3.63, 3.8) is 0 Å². The minimum atomic E-state index is -3.63. The van der Waals surface area contributed by atoms with Crippen LogP contribution in [0.2, 0.25) is 0 Å². The summed E-state index contributed by atoms with van der Waals surface area (Å²) >= 11 is 0. The first-order chi connectivity index (χ1) is 12.7. The van der Waals surface area contributed by atoms with E-state index in [1.807, 2.05) is 57.2 Å². The Hall–Kier alpha value is -2.18. The SMILES string of the molecule is CC(C)C(=O)N1Cc2ccc(S(=O)(=O)N(C)[C@@H](C)c3ccccc3)cc2C1. The highest BCUT2D eigenvalue weighted by Gasteiger charge is 2.30. The Morgan fingerprint density at radius 2 is 1.63 bits per heavy atom. The molecule has 1 heterocycles. The Morgan fingerprint density at radius 1 is 1.00 bits per heavy atom. The van der Waals surface area contributed by atoms with Gasteiger partial charge in [0.1, 0.15) is 0 Å². The number of amides is 1. The minimum Gasteiger partial charge on any atom is -0.334 e. The minimum absolute atomic E-state index is 0.0691. The predicted octanol–water partition coefficient (Wildman–Crippen LogP) is 3.57. The van der Waals surface area contributed by atoms with Gasteiger partial charge >= 0.3 is 0 Å². The predicted molar refractivity (Wildman–Crippen MR) is 105 cm³/mol. The van der Waals surface area contributed by atoms with Crippen LogP contribution in [0.3, 0.4) is 0 Å². The largest absolute Gasteiger partial charge is 0.334 e. The molecule has 0 N–H and O–H groups in total. The third-order valence-electron chi connectivity index (χ3n) is 5.21. The smallest absolute Gasteiger partial charge is 0.243 e. The van der Waals surface area contributed by atoms with E-state index in [1.165, 1.54) is 4.31 Å². The molecule has 0 unspecified atom stereocenters. The molecule has 1 aliphatic rings. The quantitative estimate of drug-likeness (QED) is 0.789. The van der Waals surface area contributed by atoms with Crippen molar-refractivity contribution in [1.82, 2.24) is 9.21 Å². The second kappa shape index (κ2) is 7.44. The number of hydrogen-bond donors (Lipinski definition) is 0. The van der Waals surface area contributed by atoms with E-state index in [0.29, 0.717) is 13.1 Å². The van der Waals surface area contributed by atoms with E-state index in [1.54, 1.807) is 24.1 Å². The Kier molecular flexibility index (Phi) is 5.40. The van der Waals surface area contributed by atoms with Crippen molar-refractivity contribution in [3.05, 3.63) is 65.2 Å². The van der Waals surface area contributed by atoms with E-state index in [-0.39, 0.29) is 22.8 Å². The zero-order valence-corrected chi connectivity index (χ0v) is 17.0. The van der Waals surface area contributed by atoms with Crippen LogP contribution in [0, 0.1) is 5.92 Å². The zero-order valence-electron chi connectivity index (χ0n) is 16.2. The van der Waals surface area contributed by atoms with Crippen molar-refractivity contribution in [2.45, 2.75) is 44.8 Å². The van der Waals surface area contributed by atoms with Crippen molar-refractivity contribution in [2.75, 3.05) is 7.05 Å². The van der Waals surface area contributed by atoms with Gasteiger partial charge in [0.05, 0.1) is 4.90 Å². The average Bonchev–Trinajstić information content (AvgIpc) is 3.09. The first kappa shape index (κ1) is 19.6. The van der Waals surface area contributed by atoms with Crippen LogP contribution in [0.5, 0.6) is 0 Å². The Labute approximate surface area is 161 Å². The summed E-state index contributed by atoms with van der Waals surface area (Å²) in [6.07, 6.45) is 0. The van der Waals surface area contributed by atoms with E-state index < -0.39 is 10.0 Å². The third-order valence-corrected chi connectivity index (χ3v) is 7.13. The van der Waals surface area contributed by atoms with Crippen LogP contribution in [-0.4, -0.2) is 30.6 Å². The van der Waals surface area contributed by atoms with Gasteiger partial charge in [0.25, 0.3) is 0 Å². The van der Waals surface area contributed by atoms with Gasteiger partial charge in [0.2, 0.25) is 15.9 Å². The van der Waals surface area contributed by atoms with Gasteiger partial charge < -0.3 is 4.90 Å². The summed E-state index contributed by atoms with van der Waals surface area (Å²) in [5, 5.41) is 0. The van der Waals surface area contributed by atoms with Gasteiger partial charge in [-0.05, 0) is 35.7 Å². The summed E-state index contributed by atoms with van der Waals surface area (Å²) in [5.41, 5.74) is 2.87. The maximum atomic E-state index is 13.1. The van der Waals surface area contributed by atoms with Crippen LogP contribution >= 0.6 is 0 Å². The second-order valence-corrected chi connectivity index (χ2v) is 9.38. The summed E-state index contributed by atoms with van der Waals surface area (Å²) in [6.45, 7) is 6.64. The van der Waals surface area contributed by atoms with Crippen LogP contribution in [0.4, 0.5) is 0 Å². The number of hydrogen-bond acceptors (Lipinski definition) is 3. The molecule has 2 aromatic carbocycles. The lowest BCUT2D eigenvalue weighted by Gasteiger charge is -2.25. The molecule has 0 saturated carbocycles. The maximum absolute atomic E-state index is 13.1. The lowest BCUT2D eigenvalue weighted by atomic mass is 10.1. The van der Waals surface area contributed by atoms with Crippen molar-refractivity contribution in [3.8, 4) is 0 Å². The molecule has 0 aromatic heterocycles. The van der Waals surface area contributed by atoms with Crippen molar-refractivity contribution in [1.29, 1.82) is 0 Å². The fourth-order valence-corrected chi connectivity index (χ4v) is 4.77. The Bertz CT molecular complexity index is 939. The molecule has 144 valence electrons. The molecule has 0 fully saturated rings. The third kappa shape index (κ3) is 3.77. The van der Waals surface area contributed by atoms with Crippen molar-refractivity contribution < 1.29 is 13.2 Å². The molecular weight excluding hydrogens is 360 g/mol. The fourth-order valence-electron chi connectivity index (χ4n) is 3.37. The summed E-state index contributed by atoms with van der Waals surface area (Å²) in [6, 6.07) is 14.5. The van der Waals surface area contributed by atoms with Crippen LogP contribution < -0.4 is 0 Å². The first-order valence-electron chi connectivity index (χ1n) is 9.15. The molecule has 3 rings (SSSR count). The Morgan fingerprint density at radius 3 is 2.26 bits per heavy atom. The van der Waals surface area contributed by atoms with E-state index >= 15 is 0 Å². The van der Waals surface area contributed by atoms with Gasteiger partial charge in [-0.15, -0.1) is 0 Å². The van der Waals surface area contributed by atoms with Crippen molar-refractivity contribution >= 4 is 15.9 Å². The molecule has 2 aromatic rings. The highest BCUT2D eigenvalue weighted by atomic mass is 32.2. The molecule has 1 amide bonds. The van der Waals surface area contributed by atoms with E-state index in [9.17, 15) is 13.2 Å². The average molecular weight is 387 g/mol. The van der Waals surface area contributed by atoms with Crippen LogP contribution in [0.25, 0.3) is 0 Å². The number of carbonyl (C=O) groups is 1. The molecule has 1 aliphatic heterocycles. The van der Waals surface area contributed by atoms with Gasteiger partial charge in [-0.2, -0.15) is 4.31 Å². The second-order valence-electron chi connectivity index (χ2n) is 7.39. The van der Waals surface area contributed by atoms with Gasteiger partial charge in [-0.25, -0.2) is 8.42 Å². The van der Waals surface area contributed by atoms with Gasteiger partial charge in [-0.1, -0.05) is 50.2 Å². The first-order valence-corrected chi connectivity index (χ1v) is 10.6. The molecule has 0 spiro atoms. The van der Waals surface area contributed by atoms with Crippen molar-refractivity contribution in [2.24, 2.45) is 5.92 Å². The van der Waals surface area contributed by atoms with E-state index in [4.69, 9.17) is 0 Å². The molecule has 5 nitrogen and oxygen atoms in total.